The van der Waals surface area contributed by atoms with Crippen LogP contribution in [0.25, 0.3) is 0 Å². The van der Waals surface area contributed by atoms with Gasteiger partial charge >= 0.3 is 0 Å². The van der Waals surface area contributed by atoms with E-state index in [0.29, 0.717) is 6.10 Å². The first-order valence-corrected chi connectivity index (χ1v) is 7.50. The molecule has 1 fully saturated rings. The van der Waals surface area contributed by atoms with E-state index in [1.807, 2.05) is 13.0 Å². The maximum atomic E-state index is 6.09. The molecule has 0 N–H and O–H groups in total. The third-order valence-corrected chi connectivity index (χ3v) is 3.99. The molecule has 0 saturated heterocycles. The van der Waals surface area contributed by atoms with E-state index in [2.05, 4.69) is 33.9 Å². The monoisotopic (exact) mass is 297 g/mol. The number of halogens is 1. The van der Waals surface area contributed by atoms with Crippen LogP contribution in [0.2, 0.25) is 0 Å². The minimum absolute atomic E-state index is 0.383. The van der Waals surface area contributed by atoms with E-state index in [9.17, 15) is 0 Å². The molecule has 17 heavy (non-hydrogen) atoms. The molecule has 0 unspecified atom stereocenters. The first-order valence-electron chi connectivity index (χ1n) is 6.38. The summed E-state index contributed by atoms with van der Waals surface area (Å²) in [5, 5.41) is 0.757. The van der Waals surface area contributed by atoms with Crippen molar-refractivity contribution in [3.8, 4) is 5.75 Å². The summed E-state index contributed by atoms with van der Waals surface area (Å²) in [6.45, 7) is 4.34. The van der Waals surface area contributed by atoms with Crippen LogP contribution in [-0.2, 0) is 5.33 Å². The van der Waals surface area contributed by atoms with Gasteiger partial charge in [0.15, 0.2) is 0 Å². The van der Waals surface area contributed by atoms with Crippen LogP contribution in [0.1, 0.15) is 44.0 Å². The summed E-state index contributed by atoms with van der Waals surface area (Å²) in [5.74, 6) is 1.81. The van der Waals surface area contributed by atoms with Crippen molar-refractivity contribution in [2.45, 2.75) is 51.0 Å². The molecule has 0 spiro atoms. The van der Waals surface area contributed by atoms with Gasteiger partial charge in [-0.1, -0.05) is 22.9 Å². The number of aryl methyl sites for hydroxylation is 1. The molecule has 1 aliphatic carbocycles. The third kappa shape index (κ3) is 3.44. The lowest BCUT2D eigenvalue weighted by Crippen LogP contribution is -2.23. The summed E-state index contributed by atoms with van der Waals surface area (Å²) in [4.78, 5) is 4.50. The summed E-state index contributed by atoms with van der Waals surface area (Å²) in [6, 6.07) is 4.07. The van der Waals surface area contributed by atoms with Crippen LogP contribution in [0, 0.1) is 12.8 Å². The van der Waals surface area contributed by atoms with Crippen molar-refractivity contribution in [2.24, 2.45) is 5.92 Å². The Kier molecular flexibility index (Phi) is 4.43. The number of hydrogen-bond donors (Lipinski definition) is 0. The van der Waals surface area contributed by atoms with Crippen LogP contribution in [0.15, 0.2) is 12.1 Å². The second kappa shape index (κ2) is 5.85. The number of alkyl halides is 1. The van der Waals surface area contributed by atoms with E-state index >= 15 is 0 Å². The molecule has 1 saturated carbocycles. The van der Waals surface area contributed by atoms with Crippen LogP contribution >= 0.6 is 15.9 Å². The highest BCUT2D eigenvalue weighted by atomic mass is 79.9. The fourth-order valence-corrected chi connectivity index (χ4v) is 2.73. The normalized spacial score (nSPS) is 24.6. The molecule has 1 heterocycles. The van der Waals surface area contributed by atoms with Gasteiger partial charge in [-0.3, -0.25) is 4.98 Å². The quantitative estimate of drug-likeness (QED) is 0.779. The van der Waals surface area contributed by atoms with Crippen molar-refractivity contribution in [3.63, 3.8) is 0 Å². The van der Waals surface area contributed by atoms with Crippen molar-refractivity contribution in [3.05, 3.63) is 23.5 Å². The zero-order chi connectivity index (χ0) is 12.3. The Bertz CT molecular complexity index is 372. The van der Waals surface area contributed by atoms with E-state index < -0.39 is 0 Å². The highest BCUT2D eigenvalue weighted by Crippen LogP contribution is 2.29. The van der Waals surface area contributed by atoms with Gasteiger partial charge in [-0.25, -0.2) is 0 Å². The summed E-state index contributed by atoms with van der Waals surface area (Å²) in [6.07, 6.45) is 5.31. The Morgan fingerprint density at radius 3 is 2.65 bits per heavy atom. The van der Waals surface area contributed by atoms with E-state index in [4.69, 9.17) is 4.74 Å². The Hall–Kier alpha value is -0.570. The molecule has 2 rings (SSSR count). The average molecular weight is 298 g/mol. The summed E-state index contributed by atoms with van der Waals surface area (Å²) in [5.41, 5.74) is 2.06. The predicted octanol–water partition coefficient (Wildman–Crippen LogP) is 4.24. The van der Waals surface area contributed by atoms with Gasteiger partial charge in [-0.2, -0.15) is 0 Å². The van der Waals surface area contributed by atoms with Gasteiger partial charge in [-0.15, -0.1) is 0 Å². The second-order valence-electron chi connectivity index (χ2n) is 5.03. The van der Waals surface area contributed by atoms with Gasteiger partial charge in [0.2, 0.25) is 0 Å². The molecule has 94 valence electrons. The molecule has 2 nitrogen and oxygen atoms in total. The largest absolute Gasteiger partial charge is 0.488 e. The number of nitrogens with zero attached hydrogens (tertiary/aromatic N) is 1. The molecule has 0 aromatic carbocycles. The zero-order valence-corrected chi connectivity index (χ0v) is 12.2. The zero-order valence-electron chi connectivity index (χ0n) is 10.6. The Morgan fingerprint density at radius 2 is 2.00 bits per heavy atom. The fourth-order valence-electron chi connectivity index (χ4n) is 2.33. The first-order chi connectivity index (χ1) is 8.19. The number of pyridine rings is 1. The molecule has 0 bridgehead atoms. The van der Waals surface area contributed by atoms with E-state index in [0.717, 1.165) is 28.4 Å². The molecule has 0 aliphatic heterocycles. The van der Waals surface area contributed by atoms with E-state index in [-0.39, 0.29) is 0 Å². The van der Waals surface area contributed by atoms with Crippen molar-refractivity contribution in [1.82, 2.24) is 4.98 Å². The van der Waals surface area contributed by atoms with Crippen molar-refractivity contribution in [2.75, 3.05) is 0 Å². The number of rotatable bonds is 3. The van der Waals surface area contributed by atoms with E-state index in [1.54, 1.807) is 0 Å². The molecular weight excluding hydrogens is 278 g/mol. The molecule has 1 aliphatic rings. The molecular formula is C14H20BrNO. The summed E-state index contributed by atoms with van der Waals surface area (Å²) < 4.78 is 6.09. The number of hydrogen-bond acceptors (Lipinski definition) is 2. The van der Waals surface area contributed by atoms with Gasteiger partial charge in [0.05, 0.1) is 11.8 Å². The maximum absolute atomic E-state index is 6.09. The Labute approximate surface area is 112 Å². The molecule has 3 heteroatoms. The molecule has 1 aromatic rings. The van der Waals surface area contributed by atoms with Crippen LogP contribution in [0.4, 0.5) is 0 Å². The fraction of sp³-hybridized carbons (Fsp3) is 0.643. The summed E-state index contributed by atoms with van der Waals surface area (Å²) in [7, 11) is 0. The molecule has 1 aromatic heterocycles. The Balaban J connectivity index is 2.03. The van der Waals surface area contributed by atoms with Crippen LogP contribution in [0.3, 0.4) is 0 Å². The van der Waals surface area contributed by atoms with Gasteiger partial charge in [0, 0.05) is 11.0 Å². The van der Waals surface area contributed by atoms with Crippen LogP contribution in [-0.4, -0.2) is 11.1 Å². The molecule has 0 radical (unpaired) electrons. The summed E-state index contributed by atoms with van der Waals surface area (Å²) >= 11 is 3.47. The van der Waals surface area contributed by atoms with Gasteiger partial charge in [0.1, 0.15) is 5.75 Å². The van der Waals surface area contributed by atoms with Gasteiger partial charge < -0.3 is 4.74 Å². The third-order valence-electron chi connectivity index (χ3n) is 3.45. The average Bonchev–Trinajstić information content (AvgIpc) is 2.34. The lowest BCUT2D eigenvalue weighted by atomic mass is 9.89. The molecule has 0 amide bonds. The number of ether oxygens (including phenoxy) is 1. The smallest absolute Gasteiger partial charge is 0.142 e. The second-order valence-corrected chi connectivity index (χ2v) is 5.59. The van der Waals surface area contributed by atoms with Crippen LogP contribution in [0.5, 0.6) is 5.75 Å². The maximum Gasteiger partial charge on any atom is 0.142 e. The van der Waals surface area contributed by atoms with Gasteiger partial charge in [-0.05, 0) is 50.7 Å². The topological polar surface area (TPSA) is 22.1 Å². The molecule has 0 atom stereocenters. The van der Waals surface area contributed by atoms with Crippen LogP contribution < -0.4 is 4.74 Å². The van der Waals surface area contributed by atoms with Crippen molar-refractivity contribution >= 4 is 15.9 Å². The highest BCUT2D eigenvalue weighted by Gasteiger charge is 2.20. The van der Waals surface area contributed by atoms with Crippen molar-refractivity contribution < 1.29 is 4.74 Å². The van der Waals surface area contributed by atoms with Gasteiger partial charge in [0.25, 0.3) is 0 Å². The SMILES string of the molecule is Cc1ccc(OC2CCC(C)CC2)c(CBr)n1. The lowest BCUT2D eigenvalue weighted by Gasteiger charge is -2.27. The van der Waals surface area contributed by atoms with E-state index in [1.165, 1.54) is 25.7 Å². The minimum Gasteiger partial charge on any atom is -0.488 e. The predicted molar refractivity (Wildman–Crippen MR) is 73.7 cm³/mol. The van der Waals surface area contributed by atoms with Crippen molar-refractivity contribution in [1.29, 1.82) is 0 Å². The Morgan fingerprint density at radius 1 is 1.29 bits per heavy atom. The standard InChI is InChI=1S/C14H20BrNO/c1-10-3-6-12(7-4-10)17-14-8-5-11(2)16-13(14)9-15/h5,8,10,12H,3-4,6-7,9H2,1-2H3. The minimum atomic E-state index is 0.383. The highest BCUT2D eigenvalue weighted by molar-refractivity contribution is 9.08. The first kappa shape index (κ1) is 12.9. The number of aromatic nitrogens is 1. The lowest BCUT2D eigenvalue weighted by molar-refractivity contribution is 0.134.